The van der Waals surface area contributed by atoms with Gasteiger partial charge in [-0.1, -0.05) is 11.6 Å². The van der Waals surface area contributed by atoms with E-state index in [2.05, 4.69) is 5.32 Å². The number of rotatable bonds is 9. The summed E-state index contributed by atoms with van der Waals surface area (Å²) in [5.74, 6) is 0.00347. The van der Waals surface area contributed by atoms with Gasteiger partial charge in [0.05, 0.1) is 18.8 Å². The predicted molar refractivity (Wildman–Crippen MR) is 85.0 cm³/mol. The third-order valence-electron chi connectivity index (χ3n) is 3.19. The number of amides is 1. The lowest BCUT2D eigenvalue weighted by Gasteiger charge is -2.23. The smallest absolute Gasteiger partial charge is 0.256 e. The highest BCUT2D eigenvalue weighted by Crippen LogP contribution is 2.19. The Balaban J connectivity index is 2.97. The minimum atomic E-state index is 0.00347. The molecule has 118 valence electrons. The van der Waals surface area contributed by atoms with Crippen LogP contribution in [0.4, 0.5) is 5.69 Å². The molecule has 0 bridgehead atoms. The maximum atomic E-state index is 12.8. The number of nitrogens with one attached hydrogen (secondary N) is 1. The Labute approximate surface area is 127 Å². The highest BCUT2D eigenvalue weighted by atomic mass is 16.5. The van der Waals surface area contributed by atoms with Crippen molar-refractivity contribution >= 4 is 11.6 Å². The van der Waals surface area contributed by atoms with Gasteiger partial charge in [0.1, 0.15) is 0 Å². The first-order chi connectivity index (χ1) is 10.1. The van der Waals surface area contributed by atoms with E-state index in [4.69, 9.17) is 9.47 Å². The highest BCUT2D eigenvalue weighted by Gasteiger charge is 2.18. The van der Waals surface area contributed by atoms with Gasteiger partial charge < -0.3 is 19.7 Å². The quantitative estimate of drug-likeness (QED) is 0.758. The van der Waals surface area contributed by atoms with E-state index in [0.29, 0.717) is 31.9 Å². The number of nitrogens with zero attached hydrogens (tertiary/aromatic N) is 1. The number of anilines is 1. The van der Waals surface area contributed by atoms with Gasteiger partial charge in [-0.25, -0.2) is 0 Å². The molecule has 0 spiro atoms. The second-order valence-corrected chi connectivity index (χ2v) is 4.86. The van der Waals surface area contributed by atoms with Crippen LogP contribution in [0.3, 0.4) is 0 Å². The van der Waals surface area contributed by atoms with Gasteiger partial charge in [-0.05, 0) is 26.0 Å². The van der Waals surface area contributed by atoms with Gasteiger partial charge in [0, 0.05) is 39.5 Å². The Kier molecular flexibility index (Phi) is 7.79. The second kappa shape index (κ2) is 9.37. The van der Waals surface area contributed by atoms with Gasteiger partial charge >= 0.3 is 0 Å². The third kappa shape index (κ3) is 5.36. The molecular weight excluding hydrogens is 268 g/mol. The van der Waals surface area contributed by atoms with E-state index in [0.717, 1.165) is 17.8 Å². The lowest BCUT2D eigenvalue weighted by Crippen LogP contribution is -2.36. The van der Waals surface area contributed by atoms with Crippen LogP contribution in [0.2, 0.25) is 0 Å². The van der Waals surface area contributed by atoms with Gasteiger partial charge in [-0.2, -0.15) is 0 Å². The lowest BCUT2D eigenvalue weighted by molar-refractivity contribution is 0.0628. The van der Waals surface area contributed by atoms with Gasteiger partial charge in [0.15, 0.2) is 0 Å². The molecule has 0 radical (unpaired) electrons. The molecule has 0 unspecified atom stereocenters. The molecule has 0 heterocycles. The van der Waals surface area contributed by atoms with Gasteiger partial charge in [-0.3, -0.25) is 4.79 Å². The molecule has 5 nitrogen and oxygen atoms in total. The largest absolute Gasteiger partial charge is 0.385 e. The van der Waals surface area contributed by atoms with Crippen molar-refractivity contribution in [3.8, 4) is 0 Å². The first kappa shape index (κ1) is 17.5. The molecule has 0 aromatic heterocycles. The topological polar surface area (TPSA) is 50.8 Å². The number of benzene rings is 1. The summed E-state index contributed by atoms with van der Waals surface area (Å²) in [5, 5.41) is 3.24. The Morgan fingerprint density at radius 3 is 2.33 bits per heavy atom. The van der Waals surface area contributed by atoms with Crippen LogP contribution in [-0.2, 0) is 9.47 Å². The zero-order valence-corrected chi connectivity index (χ0v) is 13.4. The summed E-state index contributed by atoms with van der Waals surface area (Å²) in [4.78, 5) is 14.5. The normalized spacial score (nSPS) is 10.5. The van der Waals surface area contributed by atoms with Crippen LogP contribution in [0.25, 0.3) is 0 Å². The third-order valence-corrected chi connectivity index (χ3v) is 3.19. The summed E-state index contributed by atoms with van der Waals surface area (Å²) < 4.78 is 10.2. The first-order valence-corrected chi connectivity index (χ1v) is 7.25. The van der Waals surface area contributed by atoms with Gasteiger partial charge in [-0.15, -0.1) is 0 Å². The van der Waals surface area contributed by atoms with Crippen molar-refractivity contribution in [2.75, 3.05) is 52.4 Å². The van der Waals surface area contributed by atoms with Crippen LogP contribution in [0.1, 0.15) is 22.8 Å². The molecule has 0 saturated heterocycles. The fourth-order valence-corrected chi connectivity index (χ4v) is 2.07. The number of carbonyl (C=O) groups is 1. The fraction of sp³-hybridized carbons (Fsp3) is 0.562. The monoisotopic (exact) mass is 294 g/mol. The molecule has 0 fully saturated rings. The molecule has 0 aliphatic heterocycles. The van der Waals surface area contributed by atoms with Crippen molar-refractivity contribution in [1.29, 1.82) is 0 Å². The molecule has 1 N–H and O–H groups in total. The zero-order chi connectivity index (χ0) is 15.7. The minimum Gasteiger partial charge on any atom is -0.385 e. The highest BCUT2D eigenvalue weighted by molar-refractivity contribution is 5.99. The second-order valence-electron chi connectivity index (χ2n) is 4.86. The standard InChI is InChI=1S/C16H26N2O3/c1-5-17-15-7-6-13(2)12-14(15)16(19)18(8-10-20-3)9-11-21-4/h6-7,12,17H,5,8-11H2,1-4H3. The van der Waals surface area contributed by atoms with Crippen LogP contribution in [0, 0.1) is 6.92 Å². The lowest BCUT2D eigenvalue weighted by atomic mass is 10.1. The minimum absolute atomic E-state index is 0.00347. The fourth-order valence-electron chi connectivity index (χ4n) is 2.07. The Morgan fingerprint density at radius 1 is 1.19 bits per heavy atom. The summed E-state index contributed by atoms with van der Waals surface area (Å²) in [6.45, 7) is 6.91. The van der Waals surface area contributed by atoms with E-state index >= 15 is 0 Å². The van der Waals surface area contributed by atoms with Crippen molar-refractivity contribution in [3.05, 3.63) is 29.3 Å². The number of carbonyl (C=O) groups excluding carboxylic acids is 1. The molecular formula is C16H26N2O3. The van der Waals surface area contributed by atoms with E-state index < -0.39 is 0 Å². The maximum Gasteiger partial charge on any atom is 0.256 e. The van der Waals surface area contributed by atoms with Gasteiger partial charge in [0.25, 0.3) is 5.91 Å². The summed E-state index contributed by atoms with van der Waals surface area (Å²) in [6.07, 6.45) is 0. The summed E-state index contributed by atoms with van der Waals surface area (Å²) in [6, 6.07) is 5.88. The SMILES string of the molecule is CCNc1ccc(C)cc1C(=O)N(CCOC)CCOC. The van der Waals surface area contributed by atoms with Crippen molar-refractivity contribution in [2.45, 2.75) is 13.8 Å². The van der Waals surface area contributed by atoms with Crippen LogP contribution >= 0.6 is 0 Å². The molecule has 1 aromatic rings. The first-order valence-electron chi connectivity index (χ1n) is 7.25. The number of hydrogen-bond donors (Lipinski definition) is 1. The van der Waals surface area contributed by atoms with Crippen LogP contribution in [-0.4, -0.2) is 57.9 Å². The van der Waals surface area contributed by atoms with Crippen molar-refractivity contribution in [1.82, 2.24) is 4.90 Å². The molecule has 0 aliphatic carbocycles. The molecule has 5 heteroatoms. The van der Waals surface area contributed by atoms with E-state index in [9.17, 15) is 4.79 Å². The number of ether oxygens (including phenoxy) is 2. The summed E-state index contributed by atoms with van der Waals surface area (Å²) in [7, 11) is 3.27. The van der Waals surface area contributed by atoms with Crippen molar-refractivity contribution < 1.29 is 14.3 Å². The Morgan fingerprint density at radius 2 is 1.81 bits per heavy atom. The van der Waals surface area contributed by atoms with E-state index in [1.54, 1.807) is 19.1 Å². The molecule has 1 aromatic carbocycles. The van der Waals surface area contributed by atoms with E-state index in [-0.39, 0.29) is 5.91 Å². The van der Waals surface area contributed by atoms with Crippen molar-refractivity contribution in [2.24, 2.45) is 0 Å². The molecule has 0 aliphatic rings. The summed E-state index contributed by atoms with van der Waals surface area (Å²) in [5.41, 5.74) is 2.63. The van der Waals surface area contributed by atoms with Crippen LogP contribution in [0.15, 0.2) is 18.2 Å². The number of methoxy groups -OCH3 is 2. The Bertz CT molecular complexity index is 441. The van der Waals surface area contributed by atoms with Crippen molar-refractivity contribution in [3.63, 3.8) is 0 Å². The molecule has 0 atom stereocenters. The average molecular weight is 294 g/mol. The van der Waals surface area contributed by atoms with E-state index in [1.165, 1.54) is 0 Å². The number of hydrogen-bond acceptors (Lipinski definition) is 4. The molecule has 1 amide bonds. The summed E-state index contributed by atoms with van der Waals surface area (Å²) >= 11 is 0. The molecule has 0 saturated carbocycles. The van der Waals surface area contributed by atoms with Crippen LogP contribution < -0.4 is 5.32 Å². The zero-order valence-electron chi connectivity index (χ0n) is 13.4. The average Bonchev–Trinajstić information content (AvgIpc) is 2.49. The molecule has 1 rings (SSSR count). The van der Waals surface area contributed by atoms with Crippen LogP contribution in [0.5, 0.6) is 0 Å². The number of aryl methyl sites for hydroxylation is 1. The molecule has 21 heavy (non-hydrogen) atoms. The van der Waals surface area contributed by atoms with Gasteiger partial charge in [0.2, 0.25) is 0 Å². The van der Waals surface area contributed by atoms with E-state index in [1.807, 2.05) is 32.0 Å². The Hall–Kier alpha value is -1.59. The predicted octanol–water partition coefficient (Wildman–Crippen LogP) is 2.16. The maximum absolute atomic E-state index is 12.8.